The van der Waals surface area contributed by atoms with Gasteiger partial charge in [-0.2, -0.15) is 0 Å². The molecule has 0 bridgehead atoms. The molecule has 2 aromatic rings. The van der Waals surface area contributed by atoms with E-state index in [1.54, 1.807) is 18.2 Å². The van der Waals surface area contributed by atoms with Crippen LogP contribution < -0.4 is 4.72 Å². The molecule has 3 nitrogen and oxygen atoms in total. The lowest BCUT2D eigenvalue weighted by Crippen LogP contribution is -2.45. The zero-order valence-electron chi connectivity index (χ0n) is 12.1. The average Bonchev–Trinajstić information content (AvgIpc) is 2.47. The van der Waals surface area contributed by atoms with Crippen LogP contribution in [-0.2, 0) is 15.4 Å². The lowest BCUT2D eigenvalue weighted by atomic mass is 9.64. The first-order valence-electron chi connectivity index (χ1n) is 7.33. The van der Waals surface area contributed by atoms with Crippen LogP contribution in [0.5, 0.6) is 0 Å². The third kappa shape index (κ3) is 3.05. The zero-order chi connectivity index (χ0) is 15.6. The molecule has 1 aliphatic rings. The highest BCUT2D eigenvalue weighted by molar-refractivity contribution is 7.89. The van der Waals surface area contributed by atoms with Gasteiger partial charge in [-0.15, -0.1) is 0 Å². The normalized spacial score (nSPS) is 17.0. The van der Waals surface area contributed by atoms with Gasteiger partial charge in [-0.25, -0.2) is 13.1 Å². The topological polar surface area (TPSA) is 46.2 Å². The molecule has 1 fully saturated rings. The molecule has 0 unspecified atom stereocenters. The van der Waals surface area contributed by atoms with Crippen LogP contribution >= 0.6 is 11.6 Å². The van der Waals surface area contributed by atoms with Gasteiger partial charge in [0.25, 0.3) is 0 Å². The standard InChI is InChI=1S/C17H18ClNO2S/c18-15-8-4-9-16(12-15)22(20,21)19-13-17(10-5-11-17)14-6-2-1-3-7-14/h1-4,6-9,12,19H,5,10-11,13H2. The average molecular weight is 336 g/mol. The van der Waals surface area contributed by atoms with Gasteiger partial charge in [-0.05, 0) is 36.6 Å². The van der Waals surface area contributed by atoms with Gasteiger partial charge < -0.3 is 0 Å². The molecule has 0 atom stereocenters. The summed E-state index contributed by atoms with van der Waals surface area (Å²) < 4.78 is 27.6. The lowest BCUT2D eigenvalue weighted by Gasteiger charge is -2.42. The first-order valence-corrected chi connectivity index (χ1v) is 9.19. The maximum atomic E-state index is 12.4. The van der Waals surface area contributed by atoms with Crippen molar-refractivity contribution in [2.24, 2.45) is 0 Å². The lowest BCUT2D eigenvalue weighted by molar-refractivity contribution is 0.245. The molecule has 2 aromatic carbocycles. The summed E-state index contributed by atoms with van der Waals surface area (Å²) in [6.45, 7) is 0.422. The van der Waals surface area contributed by atoms with E-state index in [-0.39, 0.29) is 10.3 Å². The van der Waals surface area contributed by atoms with Gasteiger partial charge in [-0.1, -0.05) is 54.4 Å². The molecule has 0 saturated heterocycles. The number of halogens is 1. The number of sulfonamides is 1. The summed E-state index contributed by atoms with van der Waals surface area (Å²) in [6, 6.07) is 16.5. The van der Waals surface area contributed by atoms with E-state index in [9.17, 15) is 8.42 Å². The number of hydrogen-bond acceptors (Lipinski definition) is 2. The van der Waals surface area contributed by atoms with Gasteiger partial charge in [0.1, 0.15) is 0 Å². The van der Waals surface area contributed by atoms with E-state index in [0.717, 1.165) is 19.3 Å². The fraction of sp³-hybridized carbons (Fsp3) is 0.294. The number of benzene rings is 2. The molecular formula is C17H18ClNO2S. The van der Waals surface area contributed by atoms with Crippen molar-refractivity contribution in [2.75, 3.05) is 6.54 Å². The maximum absolute atomic E-state index is 12.4. The molecule has 1 saturated carbocycles. The second kappa shape index (κ2) is 6.03. The minimum Gasteiger partial charge on any atom is -0.210 e. The molecule has 0 spiro atoms. The molecule has 0 heterocycles. The molecule has 0 radical (unpaired) electrons. The highest BCUT2D eigenvalue weighted by Gasteiger charge is 2.39. The van der Waals surface area contributed by atoms with Crippen molar-refractivity contribution in [2.45, 2.75) is 29.6 Å². The Kier molecular flexibility index (Phi) is 4.26. The molecule has 22 heavy (non-hydrogen) atoms. The maximum Gasteiger partial charge on any atom is 0.240 e. The molecule has 5 heteroatoms. The van der Waals surface area contributed by atoms with Gasteiger partial charge in [-0.3, -0.25) is 0 Å². The fourth-order valence-electron chi connectivity index (χ4n) is 2.91. The van der Waals surface area contributed by atoms with Crippen molar-refractivity contribution in [1.82, 2.24) is 4.72 Å². The van der Waals surface area contributed by atoms with E-state index in [1.165, 1.54) is 11.6 Å². The van der Waals surface area contributed by atoms with Crippen LogP contribution in [0.25, 0.3) is 0 Å². The minimum absolute atomic E-state index is 0.0765. The monoisotopic (exact) mass is 335 g/mol. The first kappa shape index (κ1) is 15.5. The Morgan fingerprint density at radius 3 is 2.36 bits per heavy atom. The summed E-state index contributed by atoms with van der Waals surface area (Å²) in [5.74, 6) is 0. The summed E-state index contributed by atoms with van der Waals surface area (Å²) in [7, 11) is -3.53. The smallest absolute Gasteiger partial charge is 0.210 e. The summed E-state index contributed by atoms with van der Waals surface area (Å²) >= 11 is 5.88. The van der Waals surface area contributed by atoms with Crippen LogP contribution in [0.3, 0.4) is 0 Å². The van der Waals surface area contributed by atoms with Crippen LogP contribution in [-0.4, -0.2) is 15.0 Å². The van der Waals surface area contributed by atoms with Crippen molar-refractivity contribution in [3.63, 3.8) is 0 Å². The first-order chi connectivity index (χ1) is 10.5. The Morgan fingerprint density at radius 1 is 1.05 bits per heavy atom. The van der Waals surface area contributed by atoms with Gasteiger partial charge in [0.05, 0.1) is 4.90 Å². The molecular weight excluding hydrogens is 318 g/mol. The van der Waals surface area contributed by atoms with Crippen molar-refractivity contribution in [3.8, 4) is 0 Å². The summed E-state index contributed by atoms with van der Waals surface area (Å²) in [5, 5.41) is 0.421. The summed E-state index contributed by atoms with van der Waals surface area (Å²) in [4.78, 5) is 0.211. The highest BCUT2D eigenvalue weighted by atomic mass is 35.5. The van der Waals surface area contributed by atoms with E-state index >= 15 is 0 Å². The second-order valence-corrected chi connectivity index (χ2v) is 7.99. The highest BCUT2D eigenvalue weighted by Crippen LogP contribution is 2.43. The van der Waals surface area contributed by atoms with E-state index in [1.807, 2.05) is 18.2 Å². The Labute approximate surface area is 136 Å². The Balaban J connectivity index is 1.79. The second-order valence-electron chi connectivity index (χ2n) is 5.78. The fourth-order valence-corrected chi connectivity index (χ4v) is 4.34. The van der Waals surface area contributed by atoms with Crippen LogP contribution in [0.1, 0.15) is 24.8 Å². The molecule has 1 N–H and O–H groups in total. The van der Waals surface area contributed by atoms with Crippen molar-refractivity contribution in [1.29, 1.82) is 0 Å². The van der Waals surface area contributed by atoms with Crippen molar-refractivity contribution < 1.29 is 8.42 Å². The van der Waals surface area contributed by atoms with Gasteiger partial charge >= 0.3 is 0 Å². The molecule has 0 aromatic heterocycles. The number of nitrogens with one attached hydrogen (secondary N) is 1. The summed E-state index contributed by atoms with van der Waals surface area (Å²) in [5.41, 5.74) is 1.13. The van der Waals surface area contributed by atoms with Crippen LogP contribution in [0.15, 0.2) is 59.5 Å². The minimum atomic E-state index is -3.53. The summed E-state index contributed by atoms with van der Waals surface area (Å²) in [6.07, 6.45) is 3.15. The number of hydrogen-bond donors (Lipinski definition) is 1. The largest absolute Gasteiger partial charge is 0.240 e. The van der Waals surface area contributed by atoms with E-state index in [2.05, 4.69) is 16.9 Å². The van der Waals surface area contributed by atoms with Crippen LogP contribution in [0.2, 0.25) is 5.02 Å². The molecule has 116 valence electrons. The van der Waals surface area contributed by atoms with Gasteiger partial charge in [0, 0.05) is 17.0 Å². The van der Waals surface area contributed by atoms with Crippen LogP contribution in [0, 0.1) is 0 Å². The SMILES string of the molecule is O=S(=O)(NCC1(c2ccccc2)CCC1)c1cccc(Cl)c1. The molecule has 1 aliphatic carbocycles. The molecule has 0 amide bonds. The van der Waals surface area contributed by atoms with Crippen LogP contribution in [0.4, 0.5) is 0 Å². The van der Waals surface area contributed by atoms with Crippen molar-refractivity contribution >= 4 is 21.6 Å². The van der Waals surface area contributed by atoms with Gasteiger partial charge in [0.15, 0.2) is 0 Å². The Morgan fingerprint density at radius 2 is 1.77 bits per heavy atom. The Bertz CT molecular complexity index is 755. The van der Waals surface area contributed by atoms with E-state index in [4.69, 9.17) is 11.6 Å². The van der Waals surface area contributed by atoms with Gasteiger partial charge in [0.2, 0.25) is 10.0 Å². The predicted molar refractivity (Wildman–Crippen MR) is 88.6 cm³/mol. The van der Waals surface area contributed by atoms with Crippen molar-refractivity contribution in [3.05, 3.63) is 65.2 Å². The predicted octanol–water partition coefficient (Wildman–Crippen LogP) is 3.74. The molecule has 0 aliphatic heterocycles. The third-order valence-corrected chi connectivity index (χ3v) is 6.04. The molecule has 3 rings (SSSR count). The zero-order valence-corrected chi connectivity index (χ0v) is 13.7. The quantitative estimate of drug-likeness (QED) is 0.904. The third-order valence-electron chi connectivity index (χ3n) is 4.40. The Hall–Kier alpha value is -1.36. The van der Waals surface area contributed by atoms with E-state index < -0.39 is 10.0 Å². The number of rotatable bonds is 5. The van der Waals surface area contributed by atoms with E-state index in [0.29, 0.717) is 11.6 Å².